The summed E-state index contributed by atoms with van der Waals surface area (Å²) >= 11 is 8.55. The lowest BCUT2D eigenvalue weighted by molar-refractivity contribution is -0.113. The van der Waals surface area contributed by atoms with Gasteiger partial charge in [-0.3, -0.25) is 4.79 Å². The van der Waals surface area contributed by atoms with Crippen LogP contribution in [-0.4, -0.2) is 34.2 Å². The van der Waals surface area contributed by atoms with Crippen LogP contribution in [0.4, 0.5) is 5.00 Å². The Kier molecular flexibility index (Phi) is 7.24. The Balaban J connectivity index is 1.79. The molecule has 0 atom stereocenters. The van der Waals surface area contributed by atoms with Gasteiger partial charge in [-0.1, -0.05) is 35.5 Å². The number of nitrogens with zero attached hydrogens (tertiary/aromatic N) is 2. The molecule has 0 unspecified atom stereocenters. The van der Waals surface area contributed by atoms with Crippen molar-refractivity contribution in [3.8, 4) is 11.1 Å². The van der Waals surface area contributed by atoms with E-state index in [0.717, 1.165) is 11.3 Å². The number of nitrogens with one attached hydrogen (secondary N) is 1. The summed E-state index contributed by atoms with van der Waals surface area (Å²) in [6, 6.07) is 8.97. The van der Waals surface area contributed by atoms with Crippen LogP contribution >= 0.6 is 34.7 Å². The molecule has 0 saturated carbocycles. The van der Waals surface area contributed by atoms with Crippen LogP contribution in [-0.2, 0) is 9.53 Å². The van der Waals surface area contributed by atoms with E-state index in [1.807, 2.05) is 30.5 Å². The van der Waals surface area contributed by atoms with Crippen molar-refractivity contribution in [2.24, 2.45) is 0 Å². The van der Waals surface area contributed by atoms with E-state index in [4.69, 9.17) is 16.3 Å². The van der Waals surface area contributed by atoms with Crippen molar-refractivity contribution in [2.45, 2.75) is 18.9 Å². The van der Waals surface area contributed by atoms with Crippen molar-refractivity contribution in [2.75, 3.05) is 17.7 Å². The van der Waals surface area contributed by atoms with Gasteiger partial charge in [0, 0.05) is 21.7 Å². The Hall–Kier alpha value is -2.42. The lowest BCUT2D eigenvalue weighted by Gasteiger charge is -2.09. The topological polar surface area (TPSA) is 81.2 Å². The van der Waals surface area contributed by atoms with Crippen molar-refractivity contribution < 1.29 is 14.3 Å². The maximum atomic E-state index is 12.6. The largest absolute Gasteiger partial charge is 0.462 e. The number of rotatable bonds is 7. The second-order valence-corrected chi connectivity index (χ2v) is 8.23. The average molecular weight is 448 g/mol. The summed E-state index contributed by atoms with van der Waals surface area (Å²) in [6.07, 6.45) is 1.46. The molecule has 0 aliphatic rings. The smallest absolute Gasteiger partial charge is 0.341 e. The molecule has 0 fully saturated rings. The van der Waals surface area contributed by atoms with Crippen LogP contribution in [0.2, 0.25) is 5.02 Å². The minimum Gasteiger partial charge on any atom is -0.462 e. The predicted molar refractivity (Wildman–Crippen MR) is 117 cm³/mol. The summed E-state index contributed by atoms with van der Waals surface area (Å²) in [5.41, 5.74) is 2.69. The van der Waals surface area contributed by atoms with Crippen LogP contribution in [0.3, 0.4) is 0 Å². The molecular weight excluding hydrogens is 430 g/mol. The fourth-order valence-corrected chi connectivity index (χ4v) is 4.34. The zero-order chi connectivity index (χ0) is 20.8. The van der Waals surface area contributed by atoms with Crippen LogP contribution in [0.25, 0.3) is 11.1 Å². The van der Waals surface area contributed by atoms with Gasteiger partial charge in [0.15, 0.2) is 0 Å². The van der Waals surface area contributed by atoms with Crippen LogP contribution < -0.4 is 5.32 Å². The van der Waals surface area contributed by atoms with Gasteiger partial charge in [-0.25, -0.2) is 14.8 Å². The van der Waals surface area contributed by atoms with Gasteiger partial charge in [0.1, 0.15) is 21.9 Å². The van der Waals surface area contributed by atoms with E-state index in [1.165, 1.54) is 29.4 Å². The third kappa shape index (κ3) is 5.56. The molecule has 1 N–H and O–H groups in total. The normalized spacial score (nSPS) is 10.6. The Bertz CT molecular complexity index is 1020. The van der Waals surface area contributed by atoms with Crippen LogP contribution in [0.1, 0.15) is 23.0 Å². The molecule has 0 radical (unpaired) electrons. The molecule has 2 aromatic heterocycles. The van der Waals surface area contributed by atoms with Crippen LogP contribution in [0.15, 0.2) is 47.1 Å². The number of esters is 1. The maximum absolute atomic E-state index is 12.6. The Labute approximate surface area is 181 Å². The molecule has 0 spiro atoms. The number of thioether (sulfide) groups is 1. The summed E-state index contributed by atoms with van der Waals surface area (Å²) in [5, 5.41) is 6.42. The van der Waals surface area contributed by atoms with Gasteiger partial charge >= 0.3 is 5.97 Å². The Morgan fingerprint density at radius 1 is 1.24 bits per heavy atom. The molecule has 2 heterocycles. The van der Waals surface area contributed by atoms with Gasteiger partial charge in [0.2, 0.25) is 5.91 Å². The van der Waals surface area contributed by atoms with E-state index >= 15 is 0 Å². The summed E-state index contributed by atoms with van der Waals surface area (Å²) in [7, 11) is 0. The summed E-state index contributed by atoms with van der Waals surface area (Å²) in [6.45, 7) is 3.84. The monoisotopic (exact) mass is 447 g/mol. The van der Waals surface area contributed by atoms with Gasteiger partial charge < -0.3 is 10.1 Å². The number of halogens is 1. The van der Waals surface area contributed by atoms with Gasteiger partial charge in [0.25, 0.3) is 0 Å². The molecule has 0 bridgehead atoms. The van der Waals surface area contributed by atoms with Crippen molar-refractivity contribution in [3.63, 3.8) is 0 Å². The highest BCUT2D eigenvalue weighted by Gasteiger charge is 2.23. The number of hydrogen-bond donors (Lipinski definition) is 1. The van der Waals surface area contributed by atoms with Gasteiger partial charge in [-0.2, -0.15) is 0 Å². The standard InChI is InChI=1S/C20H18ClN3O3S2/c1-3-27-20(26)18-15(13-4-6-14(21)7-5-13)9-29-19(18)24-16(25)10-28-17-8-12(2)22-11-23-17/h4-9,11H,3,10H2,1-2H3,(H,24,25). The van der Waals surface area contributed by atoms with E-state index in [0.29, 0.717) is 26.2 Å². The number of carbonyl (C=O) groups is 2. The lowest BCUT2D eigenvalue weighted by Crippen LogP contribution is -2.16. The number of thiophene rings is 1. The first-order valence-corrected chi connectivity index (χ1v) is 11.0. The molecule has 0 saturated heterocycles. The molecule has 150 valence electrons. The Morgan fingerprint density at radius 2 is 2.00 bits per heavy atom. The quantitative estimate of drug-likeness (QED) is 0.309. The third-order valence-electron chi connectivity index (χ3n) is 3.81. The highest BCUT2D eigenvalue weighted by Crippen LogP contribution is 2.36. The molecule has 1 aromatic carbocycles. The maximum Gasteiger partial charge on any atom is 0.341 e. The summed E-state index contributed by atoms with van der Waals surface area (Å²) < 4.78 is 5.21. The van der Waals surface area contributed by atoms with Crippen LogP contribution in [0, 0.1) is 6.92 Å². The van der Waals surface area contributed by atoms with Gasteiger partial charge in [-0.05, 0) is 37.6 Å². The van der Waals surface area contributed by atoms with E-state index in [-0.39, 0.29) is 18.3 Å². The second-order valence-electron chi connectivity index (χ2n) is 5.92. The lowest BCUT2D eigenvalue weighted by atomic mass is 10.0. The molecule has 0 aliphatic heterocycles. The minimum absolute atomic E-state index is 0.160. The number of benzene rings is 1. The molecule has 6 nitrogen and oxygen atoms in total. The van der Waals surface area contributed by atoms with E-state index in [9.17, 15) is 9.59 Å². The Morgan fingerprint density at radius 3 is 2.69 bits per heavy atom. The number of aromatic nitrogens is 2. The first-order valence-electron chi connectivity index (χ1n) is 8.73. The highest BCUT2D eigenvalue weighted by molar-refractivity contribution is 7.99. The molecular formula is C20H18ClN3O3S2. The molecule has 29 heavy (non-hydrogen) atoms. The average Bonchev–Trinajstić information content (AvgIpc) is 3.11. The van der Waals surface area contributed by atoms with E-state index in [1.54, 1.807) is 19.1 Å². The number of anilines is 1. The van der Waals surface area contributed by atoms with Gasteiger partial charge in [0.05, 0.1) is 12.4 Å². The molecule has 9 heteroatoms. The van der Waals surface area contributed by atoms with Crippen LogP contribution in [0.5, 0.6) is 0 Å². The molecule has 3 aromatic rings. The van der Waals surface area contributed by atoms with Crippen molar-refractivity contribution in [1.29, 1.82) is 0 Å². The second kappa shape index (κ2) is 9.87. The fourth-order valence-electron chi connectivity index (χ4n) is 2.51. The van der Waals surface area contributed by atoms with E-state index in [2.05, 4.69) is 15.3 Å². The van der Waals surface area contributed by atoms with Crippen molar-refractivity contribution in [1.82, 2.24) is 9.97 Å². The number of ether oxygens (including phenoxy) is 1. The number of carbonyl (C=O) groups excluding carboxylic acids is 2. The zero-order valence-electron chi connectivity index (χ0n) is 15.8. The SMILES string of the molecule is CCOC(=O)c1c(-c2ccc(Cl)cc2)csc1NC(=O)CSc1cc(C)ncn1. The first-order chi connectivity index (χ1) is 14.0. The molecule has 3 rings (SSSR count). The number of hydrogen-bond acceptors (Lipinski definition) is 7. The highest BCUT2D eigenvalue weighted by atomic mass is 35.5. The molecule has 1 amide bonds. The fraction of sp³-hybridized carbons (Fsp3) is 0.200. The summed E-state index contributed by atoms with van der Waals surface area (Å²) in [4.78, 5) is 33.2. The first kappa shape index (κ1) is 21.3. The van der Waals surface area contributed by atoms with E-state index < -0.39 is 5.97 Å². The zero-order valence-corrected chi connectivity index (χ0v) is 18.2. The minimum atomic E-state index is -0.479. The number of amides is 1. The number of aryl methyl sites for hydroxylation is 1. The van der Waals surface area contributed by atoms with Crippen molar-refractivity contribution >= 4 is 51.6 Å². The predicted octanol–water partition coefficient (Wildman–Crippen LogP) is 5.07. The molecule has 0 aliphatic carbocycles. The third-order valence-corrected chi connectivity index (χ3v) is 5.88. The summed E-state index contributed by atoms with van der Waals surface area (Å²) in [5.74, 6) is -0.554. The van der Waals surface area contributed by atoms with Gasteiger partial charge in [-0.15, -0.1) is 11.3 Å². The van der Waals surface area contributed by atoms with Crippen molar-refractivity contribution in [3.05, 3.63) is 58.3 Å².